The van der Waals surface area contributed by atoms with Gasteiger partial charge in [-0.2, -0.15) is 0 Å². The first-order valence-corrected chi connectivity index (χ1v) is 11.7. The van der Waals surface area contributed by atoms with Crippen molar-refractivity contribution in [1.29, 1.82) is 0 Å². The Morgan fingerprint density at radius 3 is 2.52 bits per heavy atom. The first-order chi connectivity index (χ1) is 13.6. The molecule has 5 unspecified atom stereocenters. The second-order valence-electron chi connectivity index (χ2n) is 11.0. The van der Waals surface area contributed by atoms with Gasteiger partial charge in [-0.1, -0.05) is 41.5 Å². The molecule has 1 heterocycles. The van der Waals surface area contributed by atoms with Crippen molar-refractivity contribution in [2.45, 2.75) is 92.7 Å². The number of ether oxygens (including phenoxy) is 1. The van der Waals surface area contributed by atoms with E-state index in [4.69, 9.17) is 4.74 Å². The fourth-order valence-electron chi connectivity index (χ4n) is 6.97. The fourth-order valence-corrected chi connectivity index (χ4v) is 6.97. The maximum absolute atomic E-state index is 12.4. The van der Waals surface area contributed by atoms with E-state index in [1.54, 1.807) is 0 Å². The second kappa shape index (κ2) is 6.75. The van der Waals surface area contributed by atoms with Crippen LogP contribution in [0.2, 0.25) is 0 Å². The average Bonchev–Trinajstić information content (AvgIpc) is 3.03. The number of hydrogen-bond acceptors (Lipinski definition) is 2. The summed E-state index contributed by atoms with van der Waals surface area (Å²) in [5.41, 5.74) is 3.16. The lowest BCUT2D eigenvalue weighted by Gasteiger charge is -2.65. The van der Waals surface area contributed by atoms with E-state index in [0.29, 0.717) is 24.3 Å². The third kappa shape index (κ3) is 2.79. The summed E-state index contributed by atoms with van der Waals surface area (Å²) in [6.07, 6.45) is 5.96. The molecule has 1 N–H and O–H groups in total. The Kier molecular flexibility index (Phi) is 4.83. The molecular weight excluding hydrogens is 358 g/mol. The number of aryl methyl sites for hydroxylation is 1. The van der Waals surface area contributed by atoms with Crippen molar-refractivity contribution in [3.63, 3.8) is 0 Å². The van der Waals surface area contributed by atoms with Crippen LogP contribution in [0.25, 0.3) is 0 Å². The highest BCUT2D eigenvalue weighted by atomic mass is 16.5. The summed E-state index contributed by atoms with van der Waals surface area (Å²) < 4.78 is 7.29. The third-order valence-corrected chi connectivity index (χ3v) is 9.67. The van der Waals surface area contributed by atoms with Crippen LogP contribution in [0.3, 0.4) is 0 Å². The molecule has 2 fully saturated rings. The molecule has 0 bridgehead atoms. The smallest absolute Gasteiger partial charge is 0.252 e. The summed E-state index contributed by atoms with van der Waals surface area (Å²) in [6.45, 7) is 17.3. The highest BCUT2D eigenvalue weighted by Gasteiger charge is 2.65. The summed E-state index contributed by atoms with van der Waals surface area (Å²) >= 11 is 0. The Morgan fingerprint density at radius 1 is 1.10 bits per heavy atom. The molecule has 1 aromatic rings. The number of carbonyl (C=O) groups excluding carboxylic acids is 1. The second-order valence-corrected chi connectivity index (χ2v) is 11.0. The first-order valence-electron chi connectivity index (χ1n) is 11.7. The van der Waals surface area contributed by atoms with E-state index in [1.165, 1.54) is 19.3 Å². The molecule has 4 rings (SSSR count). The van der Waals surface area contributed by atoms with Crippen molar-refractivity contribution < 1.29 is 9.53 Å². The van der Waals surface area contributed by atoms with E-state index in [2.05, 4.69) is 59.8 Å². The number of fused-ring (bicyclic) bond motifs is 2. The van der Waals surface area contributed by atoms with E-state index in [9.17, 15) is 4.79 Å². The quantitative estimate of drug-likeness (QED) is 0.652. The van der Waals surface area contributed by atoms with Crippen LogP contribution in [0.1, 0.15) is 95.1 Å². The van der Waals surface area contributed by atoms with Crippen molar-refractivity contribution in [1.82, 2.24) is 5.32 Å². The van der Waals surface area contributed by atoms with Gasteiger partial charge in [-0.15, -0.1) is 0 Å². The Balaban J connectivity index is 1.88. The lowest BCUT2D eigenvalue weighted by molar-refractivity contribution is -0.215. The Labute approximate surface area is 177 Å². The fraction of sp³-hybridized carbons (Fsp3) is 0.731. The van der Waals surface area contributed by atoms with E-state index in [1.807, 2.05) is 6.07 Å². The number of benzene rings is 1. The number of rotatable bonds is 3. The third-order valence-electron chi connectivity index (χ3n) is 9.67. The predicted octanol–water partition coefficient (Wildman–Crippen LogP) is 6.27. The number of nitrogens with one attached hydrogen (secondary N) is 1. The van der Waals surface area contributed by atoms with Crippen molar-refractivity contribution in [2.75, 3.05) is 0 Å². The molecule has 160 valence electrons. The van der Waals surface area contributed by atoms with Gasteiger partial charge in [-0.25, -0.2) is 0 Å². The minimum Gasteiger partial charge on any atom is -0.486 e. The minimum absolute atomic E-state index is 0.0375. The standard InChI is InChI=1S/C26H39NO2/c1-8-25(7)18(4)9-10-22-24(5,6)17(3)11-12-26(22,25)29-21-14-16(2)13-19-20(21)15-27-23(19)28/h13-14,17-18,22H,8-12,15H2,1-7H3,(H,27,28). The van der Waals surface area contributed by atoms with Crippen LogP contribution >= 0.6 is 0 Å². The number of carbonyl (C=O) groups is 1. The van der Waals surface area contributed by atoms with Gasteiger partial charge >= 0.3 is 0 Å². The Morgan fingerprint density at radius 2 is 1.83 bits per heavy atom. The van der Waals surface area contributed by atoms with Gasteiger partial charge in [-0.3, -0.25) is 4.79 Å². The summed E-state index contributed by atoms with van der Waals surface area (Å²) in [5.74, 6) is 2.84. The molecule has 1 aliphatic heterocycles. The highest BCUT2D eigenvalue weighted by molar-refractivity contribution is 5.99. The van der Waals surface area contributed by atoms with Gasteiger partial charge in [0.1, 0.15) is 11.4 Å². The zero-order chi connectivity index (χ0) is 21.2. The largest absolute Gasteiger partial charge is 0.486 e. The van der Waals surface area contributed by atoms with Gasteiger partial charge < -0.3 is 10.1 Å². The van der Waals surface area contributed by atoms with Gasteiger partial charge in [0, 0.05) is 29.0 Å². The summed E-state index contributed by atoms with van der Waals surface area (Å²) in [7, 11) is 0. The van der Waals surface area contributed by atoms with Crippen LogP contribution in [0.15, 0.2) is 12.1 Å². The maximum Gasteiger partial charge on any atom is 0.252 e. The van der Waals surface area contributed by atoms with Crippen LogP contribution in [0.4, 0.5) is 0 Å². The molecule has 0 aromatic heterocycles. The predicted molar refractivity (Wildman–Crippen MR) is 118 cm³/mol. The number of hydrogen-bond donors (Lipinski definition) is 1. The zero-order valence-corrected chi connectivity index (χ0v) is 19.4. The van der Waals surface area contributed by atoms with Crippen molar-refractivity contribution in [3.8, 4) is 5.75 Å². The highest BCUT2D eigenvalue weighted by Crippen LogP contribution is 2.65. The SMILES string of the molecule is CCC1(C)C(C)CCC2C(C)(C)C(C)CCC21Oc1cc(C)cc2c1CNC2=O. The summed E-state index contributed by atoms with van der Waals surface area (Å²) in [4.78, 5) is 12.4. The molecule has 3 aliphatic rings. The van der Waals surface area contributed by atoms with Gasteiger partial charge in [-0.05, 0) is 74.0 Å². The van der Waals surface area contributed by atoms with Crippen LogP contribution in [0.5, 0.6) is 5.75 Å². The first kappa shape index (κ1) is 20.8. The molecule has 0 saturated heterocycles. The van der Waals surface area contributed by atoms with Gasteiger partial charge in [0.25, 0.3) is 5.91 Å². The summed E-state index contributed by atoms with van der Waals surface area (Å²) in [6, 6.07) is 4.18. The molecule has 1 amide bonds. The summed E-state index contributed by atoms with van der Waals surface area (Å²) in [5, 5.41) is 3.01. The molecule has 0 radical (unpaired) electrons. The van der Waals surface area contributed by atoms with Crippen LogP contribution in [-0.2, 0) is 6.54 Å². The van der Waals surface area contributed by atoms with Crippen LogP contribution in [0, 0.1) is 35.5 Å². The molecule has 5 atom stereocenters. The van der Waals surface area contributed by atoms with Crippen molar-refractivity contribution in [2.24, 2.45) is 28.6 Å². The van der Waals surface area contributed by atoms with Gasteiger partial charge in [0.15, 0.2) is 0 Å². The van der Waals surface area contributed by atoms with Crippen molar-refractivity contribution in [3.05, 3.63) is 28.8 Å². The maximum atomic E-state index is 12.4. The van der Waals surface area contributed by atoms with Gasteiger partial charge in [0.2, 0.25) is 0 Å². The molecular formula is C26H39NO2. The molecule has 3 heteroatoms. The molecule has 29 heavy (non-hydrogen) atoms. The molecule has 3 nitrogen and oxygen atoms in total. The lowest BCUT2D eigenvalue weighted by Crippen LogP contribution is -2.67. The van der Waals surface area contributed by atoms with Crippen LogP contribution < -0.4 is 10.1 Å². The molecule has 2 aliphatic carbocycles. The minimum atomic E-state index is -0.178. The normalized spacial score (nSPS) is 38.2. The Hall–Kier alpha value is -1.51. The van der Waals surface area contributed by atoms with E-state index in [-0.39, 0.29) is 22.3 Å². The lowest BCUT2D eigenvalue weighted by atomic mass is 9.43. The average molecular weight is 398 g/mol. The molecule has 1 aromatic carbocycles. The molecule has 0 spiro atoms. The Bertz CT molecular complexity index is 828. The zero-order valence-electron chi connectivity index (χ0n) is 19.4. The number of amides is 1. The van der Waals surface area contributed by atoms with Crippen LogP contribution in [-0.4, -0.2) is 11.5 Å². The van der Waals surface area contributed by atoms with Crippen molar-refractivity contribution >= 4 is 5.91 Å². The monoisotopic (exact) mass is 397 g/mol. The van der Waals surface area contributed by atoms with Gasteiger partial charge in [0.05, 0.1) is 0 Å². The van der Waals surface area contributed by atoms with E-state index >= 15 is 0 Å². The van der Waals surface area contributed by atoms with E-state index < -0.39 is 0 Å². The topological polar surface area (TPSA) is 38.3 Å². The van der Waals surface area contributed by atoms with E-state index in [0.717, 1.165) is 35.3 Å². The molecule has 2 saturated carbocycles.